The molecule has 0 spiro atoms. The van der Waals surface area contributed by atoms with E-state index in [4.69, 9.17) is 15.2 Å². The lowest BCUT2D eigenvalue weighted by atomic mass is 10.2. The topological polar surface area (TPSA) is 57.4 Å². The first kappa shape index (κ1) is 17.0. The van der Waals surface area contributed by atoms with Crippen LogP contribution >= 0.6 is 27.3 Å². The molecule has 1 heterocycles. The molecule has 0 bridgehead atoms. The van der Waals surface area contributed by atoms with Gasteiger partial charge in [-0.15, -0.1) is 11.3 Å². The molecule has 0 atom stereocenters. The molecule has 1 aromatic heterocycles. The zero-order chi connectivity index (χ0) is 17.1. The molecule has 3 rings (SSSR count). The van der Waals surface area contributed by atoms with Crippen LogP contribution in [0.3, 0.4) is 0 Å². The number of thiazole rings is 1. The van der Waals surface area contributed by atoms with Gasteiger partial charge in [-0.2, -0.15) is 0 Å². The van der Waals surface area contributed by atoms with Gasteiger partial charge in [-0.25, -0.2) is 4.98 Å². The Morgan fingerprint density at radius 1 is 1.25 bits per heavy atom. The Bertz CT molecular complexity index is 866. The molecule has 3 aromatic rings. The van der Waals surface area contributed by atoms with E-state index in [1.807, 2.05) is 49.4 Å². The lowest BCUT2D eigenvalue weighted by molar-refractivity contribution is 0.0506. The zero-order valence-electron chi connectivity index (χ0n) is 13.4. The number of halogens is 1. The number of hydrogen-bond acceptors (Lipinski definition) is 5. The monoisotopic (exact) mass is 404 g/mol. The average molecular weight is 405 g/mol. The first-order valence-corrected chi connectivity index (χ1v) is 8.94. The van der Waals surface area contributed by atoms with Gasteiger partial charge in [-0.3, -0.25) is 0 Å². The summed E-state index contributed by atoms with van der Waals surface area (Å²) in [5.41, 5.74) is 9.86. The van der Waals surface area contributed by atoms with Gasteiger partial charge in [0.15, 0.2) is 6.79 Å². The smallest absolute Gasteiger partial charge is 0.188 e. The summed E-state index contributed by atoms with van der Waals surface area (Å²) in [6.07, 6.45) is 4.03. The van der Waals surface area contributed by atoms with Crippen molar-refractivity contribution in [1.82, 2.24) is 4.98 Å². The quantitative estimate of drug-likeness (QED) is 0.474. The number of nitrogen functional groups attached to an aromatic ring is 1. The number of benzene rings is 2. The Hall–Kier alpha value is -1.89. The second-order valence-corrected chi connectivity index (χ2v) is 7.22. The Kier molecular flexibility index (Phi) is 5.18. The molecule has 0 saturated heterocycles. The van der Waals surface area contributed by atoms with Crippen LogP contribution in [0, 0.1) is 6.92 Å². The second-order valence-electron chi connectivity index (χ2n) is 5.30. The number of hydrogen-bond donors (Lipinski definition) is 1. The molecule has 0 aliphatic heterocycles. The summed E-state index contributed by atoms with van der Waals surface area (Å²) in [7, 11) is 1.60. The van der Waals surface area contributed by atoms with Gasteiger partial charge in [-0.1, -0.05) is 12.1 Å². The average Bonchev–Trinajstić information content (AvgIpc) is 2.94. The number of nitrogens with zero attached hydrogens (tertiary/aromatic N) is 1. The van der Waals surface area contributed by atoms with Crippen LogP contribution < -0.4 is 10.5 Å². The summed E-state index contributed by atoms with van der Waals surface area (Å²) >= 11 is 5.13. The Morgan fingerprint density at radius 2 is 2.08 bits per heavy atom. The summed E-state index contributed by atoms with van der Waals surface area (Å²) in [6, 6.07) is 9.90. The summed E-state index contributed by atoms with van der Waals surface area (Å²) in [5, 5.41) is 0.950. The predicted octanol–water partition coefficient (Wildman–Crippen LogP) is 5.10. The van der Waals surface area contributed by atoms with Crippen LogP contribution in [-0.2, 0) is 4.74 Å². The summed E-state index contributed by atoms with van der Waals surface area (Å²) in [6.45, 7) is 2.22. The SMILES string of the molecule is COCOc1ccc(/C=C/c2nc3cc(C)c(N)cc3s2)cc1Br. The summed E-state index contributed by atoms with van der Waals surface area (Å²) in [5.74, 6) is 0.750. The Balaban J connectivity index is 1.81. The maximum atomic E-state index is 5.96. The van der Waals surface area contributed by atoms with E-state index in [1.165, 1.54) is 0 Å². The first-order chi connectivity index (χ1) is 11.6. The number of aryl methyl sites for hydroxylation is 1. The number of methoxy groups -OCH3 is 1. The maximum Gasteiger partial charge on any atom is 0.188 e. The van der Waals surface area contributed by atoms with Crippen LogP contribution in [0.25, 0.3) is 22.4 Å². The van der Waals surface area contributed by atoms with E-state index in [0.717, 1.165) is 42.3 Å². The van der Waals surface area contributed by atoms with Gasteiger partial charge in [-0.05, 0) is 64.3 Å². The van der Waals surface area contributed by atoms with Crippen LogP contribution in [0.5, 0.6) is 5.75 Å². The van der Waals surface area contributed by atoms with Crippen LogP contribution in [0.4, 0.5) is 5.69 Å². The molecule has 0 aliphatic carbocycles. The number of fused-ring (bicyclic) bond motifs is 1. The Labute approximate surface area is 153 Å². The van der Waals surface area contributed by atoms with Gasteiger partial charge >= 0.3 is 0 Å². The van der Waals surface area contributed by atoms with Crippen molar-refractivity contribution < 1.29 is 9.47 Å². The van der Waals surface area contributed by atoms with Crippen molar-refractivity contribution in [3.8, 4) is 5.75 Å². The molecule has 0 unspecified atom stereocenters. The van der Waals surface area contributed by atoms with Crippen LogP contribution in [0.15, 0.2) is 34.8 Å². The van der Waals surface area contributed by atoms with Gasteiger partial charge in [0.05, 0.1) is 14.7 Å². The molecule has 0 saturated carbocycles. The fourth-order valence-corrected chi connectivity index (χ4v) is 3.62. The number of anilines is 1. The highest BCUT2D eigenvalue weighted by Crippen LogP contribution is 2.29. The summed E-state index contributed by atoms with van der Waals surface area (Å²) in [4.78, 5) is 4.63. The van der Waals surface area contributed by atoms with Gasteiger partial charge in [0, 0.05) is 12.8 Å². The molecular formula is C18H17BrN2O2S. The van der Waals surface area contributed by atoms with Gasteiger partial charge in [0.25, 0.3) is 0 Å². The fourth-order valence-electron chi connectivity index (χ4n) is 2.21. The van der Waals surface area contributed by atoms with E-state index < -0.39 is 0 Å². The molecule has 24 heavy (non-hydrogen) atoms. The minimum Gasteiger partial charge on any atom is -0.466 e. The van der Waals surface area contributed by atoms with Crippen molar-refractivity contribution in [2.24, 2.45) is 0 Å². The zero-order valence-corrected chi connectivity index (χ0v) is 15.8. The molecule has 2 aromatic carbocycles. The van der Waals surface area contributed by atoms with Crippen molar-refractivity contribution in [2.45, 2.75) is 6.92 Å². The summed E-state index contributed by atoms with van der Waals surface area (Å²) < 4.78 is 12.3. The number of aromatic nitrogens is 1. The number of rotatable bonds is 5. The Morgan fingerprint density at radius 3 is 2.83 bits per heavy atom. The van der Waals surface area contributed by atoms with Crippen LogP contribution in [0.1, 0.15) is 16.1 Å². The van der Waals surface area contributed by atoms with E-state index in [0.29, 0.717) is 0 Å². The molecule has 6 heteroatoms. The molecule has 0 aliphatic rings. The van der Waals surface area contributed by atoms with E-state index in [2.05, 4.69) is 20.9 Å². The molecular weight excluding hydrogens is 388 g/mol. The minimum atomic E-state index is 0.224. The minimum absolute atomic E-state index is 0.224. The molecule has 4 nitrogen and oxygen atoms in total. The van der Waals surface area contributed by atoms with Crippen molar-refractivity contribution in [1.29, 1.82) is 0 Å². The van der Waals surface area contributed by atoms with Gasteiger partial charge < -0.3 is 15.2 Å². The molecule has 124 valence electrons. The largest absolute Gasteiger partial charge is 0.466 e. The molecule has 0 fully saturated rings. The van der Waals surface area contributed by atoms with E-state index in [-0.39, 0.29) is 6.79 Å². The third-order valence-corrected chi connectivity index (χ3v) is 5.10. The predicted molar refractivity (Wildman–Crippen MR) is 104 cm³/mol. The van der Waals surface area contributed by atoms with Gasteiger partial charge in [0.1, 0.15) is 10.8 Å². The highest BCUT2D eigenvalue weighted by molar-refractivity contribution is 9.10. The van der Waals surface area contributed by atoms with Crippen molar-refractivity contribution >= 4 is 55.3 Å². The first-order valence-electron chi connectivity index (χ1n) is 7.33. The number of nitrogens with two attached hydrogens (primary N) is 1. The van der Waals surface area contributed by atoms with Crippen molar-refractivity contribution in [2.75, 3.05) is 19.6 Å². The maximum absolute atomic E-state index is 5.96. The highest BCUT2D eigenvalue weighted by atomic mass is 79.9. The van der Waals surface area contributed by atoms with Crippen molar-refractivity contribution in [3.05, 3.63) is 50.9 Å². The van der Waals surface area contributed by atoms with E-state index in [9.17, 15) is 0 Å². The van der Waals surface area contributed by atoms with E-state index in [1.54, 1.807) is 18.4 Å². The van der Waals surface area contributed by atoms with Crippen LogP contribution in [0.2, 0.25) is 0 Å². The highest BCUT2D eigenvalue weighted by Gasteiger charge is 2.05. The normalized spacial score (nSPS) is 11.5. The van der Waals surface area contributed by atoms with E-state index >= 15 is 0 Å². The lowest BCUT2D eigenvalue weighted by Crippen LogP contribution is -1.99. The lowest BCUT2D eigenvalue weighted by Gasteiger charge is -2.07. The second kappa shape index (κ2) is 7.34. The molecule has 0 amide bonds. The molecule has 0 radical (unpaired) electrons. The van der Waals surface area contributed by atoms with Gasteiger partial charge in [0.2, 0.25) is 0 Å². The van der Waals surface area contributed by atoms with Crippen LogP contribution in [-0.4, -0.2) is 18.9 Å². The molecule has 2 N–H and O–H groups in total. The third-order valence-electron chi connectivity index (χ3n) is 3.50. The number of ether oxygens (including phenoxy) is 2. The third kappa shape index (κ3) is 3.77. The fraction of sp³-hybridized carbons (Fsp3) is 0.167. The van der Waals surface area contributed by atoms with Crippen molar-refractivity contribution in [3.63, 3.8) is 0 Å². The standard InChI is InChI=1S/C18H17BrN2O2S/c1-11-7-15-17(9-14(11)20)24-18(21-15)6-4-12-3-5-16(13(19)8-12)23-10-22-2/h3-9H,10,20H2,1-2H3/b6-4+.